The van der Waals surface area contributed by atoms with Crippen molar-refractivity contribution in [2.75, 3.05) is 11.1 Å². The van der Waals surface area contributed by atoms with Gasteiger partial charge in [-0.05, 0) is 32.6 Å². The van der Waals surface area contributed by atoms with Crippen LogP contribution in [0.1, 0.15) is 75.7 Å². The summed E-state index contributed by atoms with van der Waals surface area (Å²) in [6.45, 7) is 2.01. The molecular formula is C19H28N6OS. The average Bonchev–Trinajstić information content (AvgIpc) is 3.41. The van der Waals surface area contributed by atoms with Crippen molar-refractivity contribution in [2.45, 2.75) is 82.0 Å². The van der Waals surface area contributed by atoms with Crippen LogP contribution in [0.5, 0.6) is 0 Å². The average molecular weight is 389 g/mol. The van der Waals surface area contributed by atoms with Crippen LogP contribution in [0.25, 0.3) is 0 Å². The largest absolute Gasteiger partial charge is 0.310 e. The molecule has 0 aliphatic heterocycles. The molecule has 7 nitrogen and oxygen atoms in total. The Kier molecular flexibility index (Phi) is 5.80. The van der Waals surface area contributed by atoms with Gasteiger partial charge in [-0.15, -0.1) is 10.2 Å². The molecule has 0 bridgehead atoms. The van der Waals surface area contributed by atoms with Gasteiger partial charge < -0.3 is 9.88 Å². The van der Waals surface area contributed by atoms with Crippen LogP contribution < -0.4 is 5.32 Å². The Hall–Kier alpha value is -1.83. The van der Waals surface area contributed by atoms with E-state index in [0.29, 0.717) is 17.8 Å². The Balaban J connectivity index is 1.37. The van der Waals surface area contributed by atoms with E-state index in [9.17, 15) is 4.79 Å². The molecule has 4 rings (SSSR count). The fourth-order valence-electron chi connectivity index (χ4n) is 4.37. The van der Waals surface area contributed by atoms with Crippen LogP contribution in [-0.2, 0) is 4.79 Å². The van der Waals surface area contributed by atoms with Crippen LogP contribution in [-0.4, -0.2) is 36.2 Å². The first-order chi connectivity index (χ1) is 13.2. The van der Waals surface area contributed by atoms with E-state index in [2.05, 4.69) is 25.2 Å². The van der Waals surface area contributed by atoms with E-state index >= 15 is 0 Å². The minimum Gasteiger partial charge on any atom is -0.310 e. The molecular weight excluding hydrogens is 360 g/mol. The highest BCUT2D eigenvalue weighted by Gasteiger charge is 2.23. The summed E-state index contributed by atoms with van der Waals surface area (Å²) in [5.74, 6) is 2.07. The van der Waals surface area contributed by atoms with Gasteiger partial charge in [0.1, 0.15) is 11.6 Å². The fourth-order valence-corrected chi connectivity index (χ4v) is 5.22. The van der Waals surface area contributed by atoms with Gasteiger partial charge in [-0.25, -0.2) is 4.68 Å². The number of carbonyl (C=O) groups excluding carboxylic acids is 1. The Morgan fingerprint density at radius 3 is 2.59 bits per heavy atom. The topological polar surface area (TPSA) is 77.6 Å². The second-order valence-corrected chi connectivity index (χ2v) is 8.57. The van der Waals surface area contributed by atoms with Crippen LogP contribution in [0.2, 0.25) is 0 Å². The molecule has 0 aromatic carbocycles. The van der Waals surface area contributed by atoms with Crippen molar-refractivity contribution in [1.82, 2.24) is 24.5 Å². The maximum Gasteiger partial charge on any atom is 0.235 e. The third kappa shape index (κ3) is 4.20. The van der Waals surface area contributed by atoms with Crippen LogP contribution in [0, 0.1) is 6.92 Å². The normalized spacial score (nSPS) is 18.9. The van der Waals surface area contributed by atoms with Gasteiger partial charge in [0.15, 0.2) is 5.16 Å². The lowest BCUT2D eigenvalue weighted by Crippen LogP contribution is -2.20. The summed E-state index contributed by atoms with van der Waals surface area (Å²) in [6.07, 6.45) is 12.7. The van der Waals surface area contributed by atoms with Gasteiger partial charge in [0.25, 0.3) is 0 Å². The second kappa shape index (κ2) is 8.46. The minimum absolute atomic E-state index is 0.0180. The van der Waals surface area contributed by atoms with Crippen molar-refractivity contribution in [1.29, 1.82) is 0 Å². The molecule has 2 saturated carbocycles. The predicted octanol–water partition coefficient (Wildman–Crippen LogP) is 4.13. The summed E-state index contributed by atoms with van der Waals surface area (Å²) < 4.78 is 4.21. The van der Waals surface area contributed by atoms with Crippen molar-refractivity contribution in [3.63, 3.8) is 0 Å². The van der Waals surface area contributed by atoms with Crippen molar-refractivity contribution < 1.29 is 4.79 Å². The molecule has 2 heterocycles. The number of nitrogens with one attached hydrogen (secondary N) is 1. The zero-order valence-electron chi connectivity index (χ0n) is 15.9. The molecule has 0 radical (unpaired) electrons. The molecule has 2 aromatic rings. The highest BCUT2D eigenvalue weighted by molar-refractivity contribution is 7.99. The third-order valence-corrected chi connectivity index (χ3v) is 6.66. The molecule has 2 aliphatic carbocycles. The molecule has 0 spiro atoms. The molecule has 0 atom stereocenters. The predicted molar refractivity (Wildman–Crippen MR) is 106 cm³/mol. The summed E-state index contributed by atoms with van der Waals surface area (Å²) in [5.41, 5.74) is 0. The van der Waals surface area contributed by atoms with E-state index in [4.69, 9.17) is 0 Å². The van der Waals surface area contributed by atoms with E-state index in [1.807, 2.05) is 17.7 Å². The van der Waals surface area contributed by atoms with Crippen molar-refractivity contribution in [3.05, 3.63) is 18.1 Å². The Morgan fingerprint density at radius 2 is 1.81 bits per heavy atom. The standard InChI is InChI=1S/C19H28N6OS/c1-14-22-23-19(24(14)15-7-3-2-4-8-15)27-13-18(26)21-17-11-12-20-25(17)16-9-5-6-10-16/h11-12,15-16H,2-10,13H2,1H3,(H,21,26). The lowest BCUT2D eigenvalue weighted by Gasteiger charge is -2.24. The quantitative estimate of drug-likeness (QED) is 0.753. The highest BCUT2D eigenvalue weighted by atomic mass is 32.2. The van der Waals surface area contributed by atoms with E-state index in [-0.39, 0.29) is 5.91 Å². The number of hydrogen-bond acceptors (Lipinski definition) is 5. The zero-order valence-corrected chi connectivity index (χ0v) is 16.7. The number of rotatable bonds is 6. The second-order valence-electron chi connectivity index (χ2n) is 7.63. The molecule has 0 saturated heterocycles. The first-order valence-electron chi connectivity index (χ1n) is 10.1. The fraction of sp³-hybridized carbons (Fsp3) is 0.684. The minimum atomic E-state index is -0.0180. The van der Waals surface area contributed by atoms with Crippen LogP contribution in [0.3, 0.4) is 0 Å². The lowest BCUT2D eigenvalue weighted by atomic mass is 9.95. The molecule has 146 valence electrons. The Bertz CT molecular complexity index is 773. The van der Waals surface area contributed by atoms with E-state index in [1.54, 1.807) is 6.20 Å². The number of hydrogen-bond donors (Lipinski definition) is 1. The molecule has 2 aromatic heterocycles. The van der Waals surface area contributed by atoms with Gasteiger partial charge in [0.2, 0.25) is 5.91 Å². The number of anilines is 1. The molecule has 2 aliphatic rings. The van der Waals surface area contributed by atoms with E-state index < -0.39 is 0 Å². The van der Waals surface area contributed by atoms with Crippen molar-refractivity contribution in [2.24, 2.45) is 0 Å². The van der Waals surface area contributed by atoms with Gasteiger partial charge in [0.05, 0.1) is 18.0 Å². The van der Waals surface area contributed by atoms with Gasteiger partial charge >= 0.3 is 0 Å². The highest BCUT2D eigenvalue weighted by Crippen LogP contribution is 2.33. The van der Waals surface area contributed by atoms with Gasteiger partial charge in [-0.2, -0.15) is 5.10 Å². The molecule has 0 unspecified atom stereocenters. The Morgan fingerprint density at radius 1 is 1.11 bits per heavy atom. The number of aryl methyl sites for hydroxylation is 1. The van der Waals surface area contributed by atoms with Gasteiger partial charge in [-0.1, -0.05) is 43.9 Å². The maximum atomic E-state index is 12.5. The summed E-state index contributed by atoms with van der Waals surface area (Å²) in [7, 11) is 0. The van der Waals surface area contributed by atoms with Crippen LogP contribution in [0.4, 0.5) is 5.82 Å². The first kappa shape index (κ1) is 18.5. The number of aromatic nitrogens is 5. The van der Waals surface area contributed by atoms with Gasteiger partial charge in [0, 0.05) is 12.1 Å². The number of amides is 1. The zero-order chi connectivity index (χ0) is 18.6. The van der Waals surface area contributed by atoms with E-state index in [1.165, 1.54) is 56.7 Å². The summed E-state index contributed by atoms with van der Waals surface area (Å²) in [6, 6.07) is 2.78. The SMILES string of the molecule is Cc1nnc(SCC(=O)Nc2ccnn2C2CCCC2)n1C1CCCCC1. The van der Waals surface area contributed by atoms with Crippen LogP contribution in [0.15, 0.2) is 17.4 Å². The number of thioether (sulfide) groups is 1. The van der Waals surface area contributed by atoms with Gasteiger partial charge in [-0.3, -0.25) is 4.79 Å². The summed E-state index contributed by atoms with van der Waals surface area (Å²) >= 11 is 1.48. The molecule has 1 amide bonds. The molecule has 1 N–H and O–H groups in total. The molecule has 2 fully saturated rings. The lowest BCUT2D eigenvalue weighted by molar-refractivity contribution is -0.113. The maximum absolute atomic E-state index is 12.5. The summed E-state index contributed by atoms with van der Waals surface area (Å²) in [5, 5.41) is 16.9. The number of carbonyl (C=O) groups is 1. The number of nitrogens with zero attached hydrogens (tertiary/aromatic N) is 5. The molecule has 8 heteroatoms. The van der Waals surface area contributed by atoms with Crippen LogP contribution >= 0.6 is 11.8 Å². The monoisotopic (exact) mass is 388 g/mol. The smallest absolute Gasteiger partial charge is 0.235 e. The Labute approximate surface area is 164 Å². The molecule has 27 heavy (non-hydrogen) atoms. The first-order valence-corrected chi connectivity index (χ1v) is 11.1. The van der Waals surface area contributed by atoms with Crippen molar-refractivity contribution >= 4 is 23.5 Å². The van der Waals surface area contributed by atoms with Crippen molar-refractivity contribution in [3.8, 4) is 0 Å². The summed E-state index contributed by atoms with van der Waals surface area (Å²) in [4.78, 5) is 12.5. The third-order valence-electron chi connectivity index (χ3n) is 5.72. The van der Waals surface area contributed by atoms with E-state index in [0.717, 1.165) is 29.6 Å².